The van der Waals surface area contributed by atoms with Crippen molar-refractivity contribution in [3.63, 3.8) is 0 Å². The Balaban J connectivity index is 2.13. The first kappa shape index (κ1) is 8.27. The Bertz CT molecular complexity index is 198. The van der Waals surface area contributed by atoms with Crippen molar-refractivity contribution in [1.29, 1.82) is 0 Å². The summed E-state index contributed by atoms with van der Waals surface area (Å²) in [7, 11) is 0. The average molecular weight is 168 g/mol. The molecule has 0 aromatic rings. The fourth-order valence-corrected chi connectivity index (χ4v) is 2.39. The minimum Gasteiger partial charge on any atom is -0.393 e. The Hall–Kier alpha value is -0.340. The van der Waals surface area contributed by atoms with E-state index in [4.69, 9.17) is 0 Å². The van der Waals surface area contributed by atoms with Crippen molar-refractivity contribution in [2.75, 3.05) is 0 Å². The molecule has 0 amide bonds. The average Bonchev–Trinajstić information content (AvgIpc) is 2.07. The molecule has 0 aromatic heterocycles. The van der Waals surface area contributed by atoms with Gasteiger partial charge in [0, 0.05) is 5.92 Å². The Labute approximate surface area is 72.9 Å². The van der Waals surface area contributed by atoms with Crippen molar-refractivity contribution < 1.29 is 10.2 Å². The van der Waals surface area contributed by atoms with E-state index in [1.807, 2.05) is 0 Å². The van der Waals surface area contributed by atoms with Crippen molar-refractivity contribution in [3.8, 4) is 0 Å². The fourth-order valence-electron chi connectivity index (χ4n) is 2.39. The van der Waals surface area contributed by atoms with Crippen LogP contribution in [0.5, 0.6) is 0 Å². The molecule has 3 unspecified atom stereocenters. The first-order valence-electron chi connectivity index (χ1n) is 4.82. The van der Waals surface area contributed by atoms with Crippen LogP contribution in [0.15, 0.2) is 11.6 Å². The standard InChI is InChI=1S/C10H16O2/c11-8-5-4-7-2-1-3-10(12)9(7)6-8/h4,8-12H,1-3,5-6H2. The molecule has 0 spiro atoms. The third kappa shape index (κ3) is 1.41. The van der Waals surface area contributed by atoms with Crippen molar-refractivity contribution >= 4 is 0 Å². The second-order valence-electron chi connectivity index (χ2n) is 3.97. The van der Waals surface area contributed by atoms with E-state index >= 15 is 0 Å². The van der Waals surface area contributed by atoms with E-state index < -0.39 is 0 Å². The summed E-state index contributed by atoms with van der Waals surface area (Å²) in [6, 6.07) is 0. The van der Waals surface area contributed by atoms with Crippen molar-refractivity contribution in [1.82, 2.24) is 0 Å². The van der Waals surface area contributed by atoms with Crippen molar-refractivity contribution in [3.05, 3.63) is 11.6 Å². The molecular weight excluding hydrogens is 152 g/mol. The van der Waals surface area contributed by atoms with Crippen LogP contribution in [-0.4, -0.2) is 22.4 Å². The molecule has 0 radical (unpaired) electrons. The Morgan fingerprint density at radius 3 is 3.00 bits per heavy atom. The zero-order valence-electron chi connectivity index (χ0n) is 7.24. The minimum absolute atomic E-state index is 0.194. The molecule has 0 aliphatic heterocycles. The van der Waals surface area contributed by atoms with Gasteiger partial charge in [-0.15, -0.1) is 0 Å². The van der Waals surface area contributed by atoms with Gasteiger partial charge in [-0.2, -0.15) is 0 Å². The van der Waals surface area contributed by atoms with Crippen LogP contribution >= 0.6 is 0 Å². The first-order chi connectivity index (χ1) is 5.77. The molecule has 0 heterocycles. The summed E-state index contributed by atoms with van der Waals surface area (Å²) in [5.41, 5.74) is 1.39. The molecule has 2 nitrogen and oxygen atoms in total. The van der Waals surface area contributed by atoms with E-state index in [1.165, 1.54) is 5.57 Å². The summed E-state index contributed by atoms with van der Waals surface area (Å²) in [6.45, 7) is 0. The molecule has 1 fully saturated rings. The Morgan fingerprint density at radius 2 is 2.17 bits per heavy atom. The quantitative estimate of drug-likeness (QED) is 0.534. The lowest BCUT2D eigenvalue weighted by molar-refractivity contribution is 0.0515. The van der Waals surface area contributed by atoms with Crippen LogP contribution in [0.2, 0.25) is 0 Å². The van der Waals surface area contributed by atoms with Crippen LogP contribution in [0.4, 0.5) is 0 Å². The van der Waals surface area contributed by atoms with Gasteiger partial charge in [-0.05, 0) is 32.1 Å². The van der Waals surface area contributed by atoms with Gasteiger partial charge < -0.3 is 10.2 Å². The number of rotatable bonds is 0. The van der Waals surface area contributed by atoms with E-state index in [0.717, 1.165) is 32.1 Å². The zero-order valence-corrected chi connectivity index (χ0v) is 7.24. The van der Waals surface area contributed by atoms with Gasteiger partial charge in [-0.1, -0.05) is 11.6 Å². The molecule has 0 aromatic carbocycles. The fraction of sp³-hybridized carbons (Fsp3) is 0.800. The van der Waals surface area contributed by atoms with Crippen LogP contribution in [-0.2, 0) is 0 Å². The van der Waals surface area contributed by atoms with Gasteiger partial charge in [0.1, 0.15) is 0 Å². The lowest BCUT2D eigenvalue weighted by Crippen LogP contribution is -2.32. The third-order valence-electron chi connectivity index (χ3n) is 3.08. The lowest BCUT2D eigenvalue weighted by atomic mass is 9.75. The predicted octanol–water partition coefficient (Wildman–Crippen LogP) is 1.23. The summed E-state index contributed by atoms with van der Waals surface area (Å²) in [6.07, 6.45) is 6.43. The molecule has 0 bridgehead atoms. The van der Waals surface area contributed by atoms with Crippen LogP contribution in [0.25, 0.3) is 0 Å². The van der Waals surface area contributed by atoms with E-state index in [9.17, 15) is 10.2 Å². The molecule has 2 aliphatic rings. The maximum absolute atomic E-state index is 9.67. The summed E-state index contributed by atoms with van der Waals surface area (Å²) < 4.78 is 0. The smallest absolute Gasteiger partial charge is 0.0606 e. The number of fused-ring (bicyclic) bond motifs is 1. The molecule has 0 saturated heterocycles. The summed E-state index contributed by atoms with van der Waals surface area (Å²) in [5, 5.41) is 19.1. The van der Waals surface area contributed by atoms with Crippen molar-refractivity contribution in [2.24, 2.45) is 5.92 Å². The first-order valence-corrected chi connectivity index (χ1v) is 4.82. The topological polar surface area (TPSA) is 40.5 Å². The van der Waals surface area contributed by atoms with E-state index in [-0.39, 0.29) is 18.1 Å². The monoisotopic (exact) mass is 168 g/mol. The summed E-state index contributed by atoms with van der Waals surface area (Å²) in [5.74, 6) is 0.266. The van der Waals surface area contributed by atoms with Crippen LogP contribution in [0, 0.1) is 5.92 Å². The molecule has 12 heavy (non-hydrogen) atoms. The normalized spacial score (nSPS) is 41.8. The highest BCUT2D eigenvalue weighted by molar-refractivity contribution is 5.15. The lowest BCUT2D eigenvalue weighted by Gasteiger charge is -2.35. The minimum atomic E-state index is -0.216. The second-order valence-corrected chi connectivity index (χ2v) is 3.97. The van der Waals surface area contributed by atoms with E-state index in [0.29, 0.717) is 0 Å². The molecule has 2 aliphatic carbocycles. The maximum Gasteiger partial charge on any atom is 0.0606 e. The van der Waals surface area contributed by atoms with Gasteiger partial charge in [0.05, 0.1) is 12.2 Å². The van der Waals surface area contributed by atoms with Gasteiger partial charge >= 0.3 is 0 Å². The maximum atomic E-state index is 9.67. The third-order valence-corrected chi connectivity index (χ3v) is 3.08. The number of hydrogen-bond donors (Lipinski definition) is 2. The molecule has 2 N–H and O–H groups in total. The zero-order chi connectivity index (χ0) is 8.55. The van der Waals surface area contributed by atoms with Gasteiger partial charge in [0.25, 0.3) is 0 Å². The number of aliphatic hydroxyl groups excluding tert-OH is 2. The van der Waals surface area contributed by atoms with Crippen molar-refractivity contribution in [2.45, 2.75) is 44.3 Å². The molecule has 3 atom stereocenters. The number of aliphatic hydroxyl groups is 2. The van der Waals surface area contributed by atoms with Crippen LogP contribution < -0.4 is 0 Å². The highest BCUT2D eigenvalue weighted by Crippen LogP contribution is 2.36. The van der Waals surface area contributed by atoms with E-state index in [1.54, 1.807) is 0 Å². The highest BCUT2D eigenvalue weighted by atomic mass is 16.3. The van der Waals surface area contributed by atoms with Gasteiger partial charge in [-0.3, -0.25) is 0 Å². The van der Waals surface area contributed by atoms with Gasteiger partial charge in [0.2, 0.25) is 0 Å². The van der Waals surface area contributed by atoms with Gasteiger partial charge in [0.15, 0.2) is 0 Å². The Morgan fingerprint density at radius 1 is 1.33 bits per heavy atom. The number of hydrogen-bond acceptors (Lipinski definition) is 2. The summed E-state index contributed by atoms with van der Waals surface area (Å²) in [4.78, 5) is 0. The van der Waals surface area contributed by atoms with Crippen LogP contribution in [0.1, 0.15) is 32.1 Å². The largest absolute Gasteiger partial charge is 0.393 e. The molecular formula is C10H16O2. The highest BCUT2D eigenvalue weighted by Gasteiger charge is 2.31. The molecule has 1 saturated carbocycles. The van der Waals surface area contributed by atoms with E-state index in [2.05, 4.69) is 6.08 Å². The Kier molecular flexibility index (Phi) is 2.20. The van der Waals surface area contributed by atoms with Gasteiger partial charge in [-0.25, -0.2) is 0 Å². The second kappa shape index (κ2) is 3.19. The molecule has 2 heteroatoms. The van der Waals surface area contributed by atoms with Crippen LogP contribution in [0.3, 0.4) is 0 Å². The predicted molar refractivity (Wildman–Crippen MR) is 46.7 cm³/mol. The summed E-state index contributed by atoms with van der Waals surface area (Å²) >= 11 is 0. The molecule has 68 valence electrons. The SMILES string of the molecule is OC1CC=C2CCCC(O)C2C1. The molecule has 2 rings (SSSR count).